The fourth-order valence-corrected chi connectivity index (χ4v) is 0.285. The number of rotatable bonds is 1. The van der Waals surface area contributed by atoms with Gasteiger partial charge in [0, 0.05) is 0 Å². The summed E-state index contributed by atoms with van der Waals surface area (Å²) in [7, 11) is 2.51. The SMILES string of the molecule is CC(C)OC(=O)O.COC(=O)OC.O=C(O)O. The lowest BCUT2D eigenvalue weighted by atomic mass is 10.5. The van der Waals surface area contributed by atoms with Gasteiger partial charge < -0.3 is 29.5 Å². The van der Waals surface area contributed by atoms with Crippen LogP contribution in [0, 0.1) is 0 Å². The Bertz CT molecular complexity index is 213. The molecule has 0 radical (unpaired) electrons. The van der Waals surface area contributed by atoms with E-state index in [1.54, 1.807) is 13.8 Å². The summed E-state index contributed by atoms with van der Waals surface area (Å²) in [4.78, 5) is 27.9. The number of hydrogen-bond acceptors (Lipinski definition) is 6. The van der Waals surface area contributed by atoms with E-state index in [1.165, 1.54) is 14.2 Å². The molecule has 0 saturated heterocycles. The maximum atomic E-state index is 9.74. The van der Waals surface area contributed by atoms with Crippen LogP contribution in [0.3, 0.4) is 0 Å². The van der Waals surface area contributed by atoms with E-state index in [0.29, 0.717) is 0 Å². The largest absolute Gasteiger partial charge is 0.507 e. The monoisotopic (exact) mass is 256 g/mol. The standard InChI is InChI=1S/C4H8O3.C3H6O3.CH2O3/c1-3(2)7-4(5)6;1-5-3(4)6-2;2-1(3)4/h3H,1-2H3,(H,5,6);1-2H3;(H2,2,3,4). The molecule has 0 aliphatic rings. The van der Waals surface area contributed by atoms with Gasteiger partial charge in [0.15, 0.2) is 0 Å². The Morgan fingerprint density at radius 2 is 1.24 bits per heavy atom. The second-order valence-corrected chi connectivity index (χ2v) is 2.37. The molecule has 0 heterocycles. The summed E-state index contributed by atoms with van der Waals surface area (Å²) < 4.78 is 12.2. The first-order chi connectivity index (χ1) is 7.67. The van der Waals surface area contributed by atoms with Crippen LogP contribution in [0.15, 0.2) is 0 Å². The predicted molar refractivity (Wildman–Crippen MR) is 54.3 cm³/mol. The molecule has 0 amide bonds. The highest BCUT2D eigenvalue weighted by Gasteiger charge is 1.97. The van der Waals surface area contributed by atoms with Gasteiger partial charge in [-0.25, -0.2) is 14.4 Å². The van der Waals surface area contributed by atoms with Gasteiger partial charge in [0.2, 0.25) is 0 Å². The van der Waals surface area contributed by atoms with Gasteiger partial charge >= 0.3 is 18.5 Å². The molecule has 0 aromatic rings. The molecule has 0 aliphatic heterocycles. The van der Waals surface area contributed by atoms with E-state index in [2.05, 4.69) is 14.2 Å². The fraction of sp³-hybridized carbons (Fsp3) is 0.625. The molecule has 0 aromatic heterocycles. The molecule has 0 spiro atoms. The lowest BCUT2D eigenvalue weighted by Crippen LogP contribution is -2.07. The minimum atomic E-state index is -1.83. The number of carbonyl (C=O) groups is 3. The summed E-state index contributed by atoms with van der Waals surface area (Å²) in [5, 5.41) is 21.8. The fourth-order valence-electron chi connectivity index (χ4n) is 0.285. The molecule has 3 N–H and O–H groups in total. The van der Waals surface area contributed by atoms with E-state index in [-0.39, 0.29) is 6.10 Å². The van der Waals surface area contributed by atoms with E-state index < -0.39 is 18.5 Å². The maximum Gasteiger partial charge on any atom is 0.507 e. The second kappa shape index (κ2) is 13.8. The van der Waals surface area contributed by atoms with Crippen molar-refractivity contribution in [3.05, 3.63) is 0 Å². The molecule has 0 fully saturated rings. The quantitative estimate of drug-likeness (QED) is 0.598. The molecular weight excluding hydrogens is 240 g/mol. The minimum absolute atomic E-state index is 0.225. The number of hydrogen-bond donors (Lipinski definition) is 3. The zero-order valence-corrected chi connectivity index (χ0v) is 9.87. The Kier molecular flexibility index (Phi) is 16.5. The van der Waals surface area contributed by atoms with Gasteiger partial charge in [0.05, 0.1) is 20.3 Å². The van der Waals surface area contributed by atoms with Crippen LogP contribution < -0.4 is 0 Å². The Labute approximate surface area is 97.5 Å². The van der Waals surface area contributed by atoms with Gasteiger partial charge in [-0.2, -0.15) is 0 Å². The summed E-state index contributed by atoms with van der Waals surface area (Å²) >= 11 is 0. The molecular formula is C8H16O9. The first kappa shape index (κ1) is 20.3. The van der Waals surface area contributed by atoms with Gasteiger partial charge in [-0.3, -0.25) is 0 Å². The van der Waals surface area contributed by atoms with Crippen molar-refractivity contribution in [2.75, 3.05) is 14.2 Å². The lowest BCUT2D eigenvalue weighted by molar-refractivity contribution is 0.0659. The highest BCUT2D eigenvalue weighted by molar-refractivity contribution is 5.59. The lowest BCUT2D eigenvalue weighted by Gasteiger charge is -1.99. The van der Waals surface area contributed by atoms with Gasteiger partial charge in [-0.05, 0) is 13.8 Å². The first-order valence-electron chi connectivity index (χ1n) is 4.10. The Morgan fingerprint density at radius 1 is 0.941 bits per heavy atom. The molecule has 9 heteroatoms. The van der Waals surface area contributed by atoms with Crippen molar-refractivity contribution in [3.63, 3.8) is 0 Å². The Morgan fingerprint density at radius 3 is 1.24 bits per heavy atom. The third-order valence-electron chi connectivity index (χ3n) is 0.670. The first-order valence-corrected chi connectivity index (χ1v) is 4.10. The topological polar surface area (TPSA) is 140 Å². The molecule has 0 bridgehead atoms. The Balaban J connectivity index is -0.000000180. The van der Waals surface area contributed by atoms with E-state index in [0.717, 1.165) is 0 Å². The van der Waals surface area contributed by atoms with Crippen LogP contribution in [0.2, 0.25) is 0 Å². The zero-order valence-electron chi connectivity index (χ0n) is 9.87. The molecule has 102 valence electrons. The zero-order chi connectivity index (χ0) is 14.4. The van der Waals surface area contributed by atoms with E-state index in [4.69, 9.17) is 20.1 Å². The Hall–Kier alpha value is -2.19. The molecule has 9 nitrogen and oxygen atoms in total. The minimum Gasteiger partial charge on any atom is -0.450 e. The normalized spacial score (nSPS) is 7.59. The van der Waals surface area contributed by atoms with Crippen LogP contribution >= 0.6 is 0 Å². The molecule has 17 heavy (non-hydrogen) atoms. The molecule has 0 saturated carbocycles. The van der Waals surface area contributed by atoms with E-state index in [1.807, 2.05) is 0 Å². The summed E-state index contributed by atoms with van der Waals surface area (Å²) in [5.74, 6) is 0. The predicted octanol–water partition coefficient (Wildman–Crippen LogP) is 1.71. The third-order valence-corrected chi connectivity index (χ3v) is 0.670. The van der Waals surface area contributed by atoms with Crippen molar-refractivity contribution in [2.24, 2.45) is 0 Å². The number of carboxylic acid groups (broad SMARTS) is 3. The van der Waals surface area contributed by atoms with Crippen LogP contribution in [0.1, 0.15) is 13.8 Å². The van der Waals surface area contributed by atoms with Crippen LogP contribution in [-0.4, -0.2) is 54.1 Å². The van der Waals surface area contributed by atoms with Crippen LogP contribution in [0.25, 0.3) is 0 Å². The number of ether oxygens (including phenoxy) is 3. The van der Waals surface area contributed by atoms with Crippen LogP contribution in [0.5, 0.6) is 0 Å². The number of methoxy groups -OCH3 is 2. The van der Waals surface area contributed by atoms with Crippen molar-refractivity contribution in [3.8, 4) is 0 Å². The molecule has 0 aliphatic carbocycles. The van der Waals surface area contributed by atoms with Gasteiger partial charge in [-0.15, -0.1) is 0 Å². The van der Waals surface area contributed by atoms with Gasteiger partial charge in [0.25, 0.3) is 0 Å². The third kappa shape index (κ3) is 57.1. The molecule has 0 rings (SSSR count). The molecule has 0 atom stereocenters. The van der Waals surface area contributed by atoms with Crippen LogP contribution in [0.4, 0.5) is 14.4 Å². The summed E-state index contributed by atoms with van der Waals surface area (Å²) in [6.07, 6.45) is -3.93. The summed E-state index contributed by atoms with van der Waals surface area (Å²) in [6.45, 7) is 3.32. The van der Waals surface area contributed by atoms with Crippen molar-refractivity contribution in [1.29, 1.82) is 0 Å². The highest BCUT2D eigenvalue weighted by Crippen LogP contribution is 1.85. The van der Waals surface area contributed by atoms with E-state index in [9.17, 15) is 9.59 Å². The second-order valence-electron chi connectivity index (χ2n) is 2.37. The van der Waals surface area contributed by atoms with Crippen molar-refractivity contribution < 1.29 is 43.9 Å². The molecule has 0 aromatic carbocycles. The van der Waals surface area contributed by atoms with Crippen molar-refractivity contribution in [2.45, 2.75) is 20.0 Å². The molecule has 0 unspecified atom stereocenters. The summed E-state index contributed by atoms with van der Waals surface area (Å²) in [5.41, 5.74) is 0. The van der Waals surface area contributed by atoms with Gasteiger partial charge in [0.1, 0.15) is 0 Å². The maximum absolute atomic E-state index is 9.74. The van der Waals surface area contributed by atoms with E-state index >= 15 is 0 Å². The van der Waals surface area contributed by atoms with Gasteiger partial charge in [-0.1, -0.05) is 0 Å². The number of carbonyl (C=O) groups excluding carboxylic acids is 1. The van der Waals surface area contributed by atoms with Crippen molar-refractivity contribution >= 4 is 18.5 Å². The average Bonchev–Trinajstić information content (AvgIpc) is 2.14. The smallest absolute Gasteiger partial charge is 0.450 e. The highest BCUT2D eigenvalue weighted by atomic mass is 16.7. The van der Waals surface area contributed by atoms with Crippen molar-refractivity contribution in [1.82, 2.24) is 0 Å². The van der Waals surface area contributed by atoms with Crippen LogP contribution in [-0.2, 0) is 14.2 Å². The summed E-state index contributed by atoms with van der Waals surface area (Å²) in [6, 6.07) is 0. The average molecular weight is 256 g/mol.